The summed E-state index contributed by atoms with van der Waals surface area (Å²) < 4.78 is 5.17. The maximum absolute atomic E-state index is 6.05. The molecular formula is C12H16N4O. The molecule has 1 heterocycles. The van der Waals surface area contributed by atoms with Crippen molar-refractivity contribution in [3.63, 3.8) is 0 Å². The fourth-order valence-corrected chi connectivity index (χ4v) is 1.54. The molecule has 5 nitrogen and oxygen atoms in total. The predicted octanol–water partition coefficient (Wildman–Crippen LogP) is 1.18. The zero-order chi connectivity index (χ0) is 12.3. The Morgan fingerprint density at radius 2 is 2.00 bits per heavy atom. The number of hydrogen-bond donors (Lipinski definition) is 1. The summed E-state index contributed by atoms with van der Waals surface area (Å²) in [6.45, 7) is 0.644. The van der Waals surface area contributed by atoms with Gasteiger partial charge in [-0.05, 0) is 19.7 Å². The van der Waals surface area contributed by atoms with E-state index in [0.29, 0.717) is 18.3 Å². The molecule has 0 aliphatic heterocycles. The van der Waals surface area contributed by atoms with E-state index in [1.54, 1.807) is 0 Å². The lowest BCUT2D eigenvalue weighted by Gasteiger charge is -2.06. The smallest absolute Gasteiger partial charge is 0.248 e. The number of rotatable bonds is 4. The van der Waals surface area contributed by atoms with Gasteiger partial charge in [0.2, 0.25) is 5.89 Å². The number of aromatic nitrogens is 2. The molecule has 0 amide bonds. The summed E-state index contributed by atoms with van der Waals surface area (Å²) in [5.74, 6) is 1.10. The van der Waals surface area contributed by atoms with E-state index >= 15 is 0 Å². The largest absolute Gasteiger partial charge is 0.337 e. The van der Waals surface area contributed by atoms with Gasteiger partial charge in [0.15, 0.2) is 5.82 Å². The molecule has 2 aromatic rings. The number of benzene rings is 1. The molecule has 0 saturated carbocycles. The highest BCUT2D eigenvalue weighted by molar-refractivity contribution is 5.22. The topological polar surface area (TPSA) is 68.2 Å². The van der Waals surface area contributed by atoms with Gasteiger partial charge in [0, 0.05) is 0 Å². The first-order valence-corrected chi connectivity index (χ1v) is 5.44. The fourth-order valence-electron chi connectivity index (χ4n) is 1.54. The third-order valence-corrected chi connectivity index (χ3v) is 2.37. The Balaban J connectivity index is 2.15. The summed E-state index contributed by atoms with van der Waals surface area (Å²) in [6, 6.07) is 9.35. The third-order valence-electron chi connectivity index (χ3n) is 2.37. The average Bonchev–Trinajstić information content (AvgIpc) is 2.77. The van der Waals surface area contributed by atoms with Crippen LogP contribution in [0.5, 0.6) is 0 Å². The molecule has 0 spiro atoms. The van der Waals surface area contributed by atoms with Crippen LogP contribution in [0.15, 0.2) is 34.9 Å². The Hall–Kier alpha value is -1.72. The summed E-state index contributed by atoms with van der Waals surface area (Å²) in [6.07, 6.45) is 0. The van der Waals surface area contributed by atoms with Gasteiger partial charge in [-0.15, -0.1) is 0 Å². The van der Waals surface area contributed by atoms with Crippen LogP contribution in [0.3, 0.4) is 0 Å². The summed E-state index contributed by atoms with van der Waals surface area (Å²) in [5.41, 5.74) is 7.02. The van der Waals surface area contributed by atoms with Crippen LogP contribution >= 0.6 is 0 Å². The van der Waals surface area contributed by atoms with Crippen molar-refractivity contribution in [3.05, 3.63) is 47.6 Å². The zero-order valence-corrected chi connectivity index (χ0v) is 10.00. The predicted molar refractivity (Wildman–Crippen MR) is 64.2 cm³/mol. The monoisotopic (exact) mass is 232 g/mol. The first-order valence-electron chi connectivity index (χ1n) is 5.44. The molecule has 90 valence electrons. The minimum Gasteiger partial charge on any atom is -0.337 e. The molecular weight excluding hydrogens is 216 g/mol. The summed E-state index contributed by atoms with van der Waals surface area (Å²) >= 11 is 0. The van der Waals surface area contributed by atoms with E-state index in [2.05, 4.69) is 10.1 Å². The van der Waals surface area contributed by atoms with Crippen LogP contribution in [0, 0.1) is 0 Å². The third kappa shape index (κ3) is 2.89. The van der Waals surface area contributed by atoms with E-state index in [0.717, 1.165) is 5.56 Å². The van der Waals surface area contributed by atoms with Crippen molar-refractivity contribution in [2.75, 3.05) is 14.1 Å². The zero-order valence-electron chi connectivity index (χ0n) is 10.00. The fraction of sp³-hybridized carbons (Fsp3) is 0.333. The highest BCUT2D eigenvalue weighted by Gasteiger charge is 2.16. The van der Waals surface area contributed by atoms with Gasteiger partial charge in [-0.1, -0.05) is 35.5 Å². The molecule has 0 aliphatic carbocycles. The Kier molecular flexibility index (Phi) is 3.51. The molecule has 0 radical (unpaired) electrons. The van der Waals surface area contributed by atoms with Crippen molar-refractivity contribution in [3.8, 4) is 0 Å². The molecule has 0 bridgehead atoms. The summed E-state index contributed by atoms with van der Waals surface area (Å²) in [5, 5.41) is 3.90. The van der Waals surface area contributed by atoms with Crippen LogP contribution in [0.4, 0.5) is 0 Å². The lowest BCUT2D eigenvalue weighted by Crippen LogP contribution is -2.14. The van der Waals surface area contributed by atoms with Crippen molar-refractivity contribution >= 4 is 0 Å². The standard InChI is InChI=1S/C12H16N4O/c1-16(2)8-10-14-12(17-15-10)11(13)9-6-4-3-5-7-9/h3-7,11H,8,13H2,1-2H3/t11-/m1/s1. The molecule has 17 heavy (non-hydrogen) atoms. The molecule has 1 aromatic carbocycles. The quantitative estimate of drug-likeness (QED) is 0.857. The van der Waals surface area contributed by atoms with E-state index in [4.69, 9.17) is 10.3 Å². The Morgan fingerprint density at radius 3 is 2.65 bits per heavy atom. The van der Waals surface area contributed by atoms with Crippen molar-refractivity contribution in [2.45, 2.75) is 12.6 Å². The van der Waals surface area contributed by atoms with Crippen LogP contribution in [-0.2, 0) is 6.54 Å². The lowest BCUT2D eigenvalue weighted by molar-refractivity contribution is 0.343. The van der Waals surface area contributed by atoms with Gasteiger partial charge in [0.1, 0.15) is 6.04 Å². The van der Waals surface area contributed by atoms with E-state index in [9.17, 15) is 0 Å². The van der Waals surface area contributed by atoms with Gasteiger partial charge in [-0.3, -0.25) is 0 Å². The van der Waals surface area contributed by atoms with Gasteiger partial charge in [0.05, 0.1) is 6.54 Å². The minimum absolute atomic E-state index is 0.361. The first kappa shape index (κ1) is 11.8. The number of nitrogens with two attached hydrogens (primary N) is 1. The second-order valence-corrected chi connectivity index (χ2v) is 4.17. The van der Waals surface area contributed by atoms with E-state index in [1.165, 1.54) is 0 Å². The SMILES string of the molecule is CN(C)Cc1noc([C@H](N)c2ccccc2)n1. The van der Waals surface area contributed by atoms with Gasteiger partial charge >= 0.3 is 0 Å². The Labute approximate surface area is 100 Å². The second kappa shape index (κ2) is 5.07. The molecule has 2 rings (SSSR count). The van der Waals surface area contributed by atoms with Crippen LogP contribution in [0.2, 0.25) is 0 Å². The van der Waals surface area contributed by atoms with Gasteiger partial charge in [-0.25, -0.2) is 0 Å². The van der Waals surface area contributed by atoms with Gasteiger partial charge < -0.3 is 15.2 Å². The highest BCUT2D eigenvalue weighted by atomic mass is 16.5. The van der Waals surface area contributed by atoms with Crippen LogP contribution in [-0.4, -0.2) is 29.1 Å². The molecule has 2 N–H and O–H groups in total. The molecule has 0 unspecified atom stereocenters. The van der Waals surface area contributed by atoms with Crippen molar-refractivity contribution in [2.24, 2.45) is 5.73 Å². The highest BCUT2D eigenvalue weighted by Crippen LogP contribution is 2.17. The molecule has 0 aliphatic rings. The maximum Gasteiger partial charge on any atom is 0.248 e. The van der Waals surface area contributed by atoms with Crippen LogP contribution < -0.4 is 5.73 Å². The van der Waals surface area contributed by atoms with Crippen LogP contribution in [0.1, 0.15) is 23.3 Å². The summed E-state index contributed by atoms with van der Waals surface area (Å²) in [4.78, 5) is 6.26. The van der Waals surface area contributed by atoms with Crippen molar-refractivity contribution in [1.82, 2.24) is 15.0 Å². The van der Waals surface area contributed by atoms with Crippen molar-refractivity contribution < 1.29 is 4.52 Å². The summed E-state index contributed by atoms with van der Waals surface area (Å²) in [7, 11) is 3.90. The number of nitrogens with zero attached hydrogens (tertiary/aromatic N) is 3. The van der Waals surface area contributed by atoms with Gasteiger partial charge in [0.25, 0.3) is 0 Å². The molecule has 1 atom stereocenters. The second-order valence-electron chi connectivity index (χ2n) is 4.17. The molecule has 0 saturated heterocycles. The van der Waals surface area contributed by atoms with E-state index in [-0.39, 0.29) is 6.04 Å². The molecule has 5 heteroatoms. The van der Waals surface area contributed by atoms with E-state index in [1.807, 2.05) is 49.3 Å². The van der Waals surface area contributed by atoms with E-state index < -0.39 is 0 Å². The minimum atomic E-state index is -0.361. The number of hydrogen-bond acceptors (Lipinski definition) is 5. The lowest BCUT2D eigenvalue weighted by atomic mass is 10.1. The maximum atomic E-state index is 6.05. The molecule has 1 aromatic heterocycles. The Morgan fingerprint density at radius 1 is 1.29 bits per heavy atom. The molecule has 0 fully saturated rings. The normalized spacial score (nSPS) is 12.9. The average molecular weight is 232 g/mol. The van der Waals surface area contributed by atoms with Crippen molar-refractivity contribution in [1.29, 1.82) is 0 Å². The van der Waals surface area contributed by atoms with Crippen LogP contribution in [0.25, 0.3) is 0 Å². The Bertz CT molecular complexity index is 466. The van der Waals surface area contributed by atoms with Gasteiger partial charge in [-0.2, -0.15) is 4.98 Å². The first-order chi connectivity index (χ1) is 8.16.